The van der Waals surface area contributed by atoms with Crippen LogP contribution in [-0.4, -0.2) is 49.2 Å². The van der Waals surface area contributed by atoms with E-state index in [9.17, 15) is 9.90 Å². The molecule has 0 aliphatic carbocycles. The Labute approximate surface area is 67.2 Å². The number of aliphatic hydroxyl groups excluding tert-OH is 1. The Bertz CT molecular complexity index is 126. The molecule has 0 aliphatic heterocycles. The molecule has 66 valence electrons. The minimum Gasteiger partial charge on any atom is -0.390 e. The summed E-state index contributed by atoms with van der Waals surface area (Å²) in [7, 11) is 3.74. The van der Waals surface area contributed by atoms with Crippen LogP contribution in [-0.2, 0) is 4.79 Å². The predicted molar refractivity (Wildman–Crippen MR) is 43.2 cm³/mol. The van der Waals surface area contributed by atoms with E-state index in [4.69, 9.17) is 0 Å². The monoisotopic (exact) mass is 160 g/mol. The Hall–Kier alpha value is -0.610. The quantitative estimate of drug-likeness (QED) is 0.557. The highest BCUT2D eigenvalue weighted by molar-refractivity contribution is 5.72. The molecule has 1 amide bonds. The molecular weight excluding hydrogens is 144 g/mol. The molecule has 1 unspecified atom stereocenters. The van der Waals surface area contributed by atoms with Gasteiger partial charge in [-0.15, -0.1) is 0 Å². The van der Waals surface area contributed by atoms with Gasteiger partial charge < -0.3 is 15.3 Å². The maximum atomic E-state index is 10.4. The van der Waals surface area contributed by atoms with E-state index in [1.807, 2.05) is 19.0 Å². The lowest BCUT2D eigenvalue weighted by Crippen LogP contribution is -2.36. The van der Waals surface area contributed by atoms with Gasteiger partial charge in [0, 0.05) is 20.0 Å². The largest absolute Gasteiger partial charge is 0.390 e. The Morgan fingerprint density at radius 2 is 2.18 bits per heavy atom. The molecule has 0 saturated heterocycles. The summed E-state index contributed by atoms with van der Waals surface area (Å²) in [6.45, 7) is 2.33. The minimum atomic E-state index is -0.478. The number of likely N-dealkylation sites (N-methyl/N-ethyl adjacent to an activating group) is 1. The lowest BCUT2D eigenvalue weighted by Gasteiger charge is -2.15. The molecule has 1 atom stereocenters. The fourth-order valence-corrected chi connectivity index (χ4v) is 0.748. The van der Waals surface area contributed by atoms with Crippen LogP contribution in [0, 0.1) is 0 Å². The zero-order valence-corrected chi connectivity index (χ0v) is 7.29. The van der Waals surface area contributed by atoms with Crippen molar-refractivity contribution in [2.75, 3.05) is 27.2 Å². The second kappa shape index (κ2) is 5.09. The molecule has 0 aromatic rings. The SMILES string of the molecule is CC(=O)NCC(O)CN(C)C. The molecule has 0 aromatic heterocycles. The smallest absolute Gasteiger partial charge is 0.216 e. The molecule has 0 bridgehead atoms. The summed E-state index contributed by atoms with van der Waals surface area (Å²) < 4.78 is 0. The number of amides is 1. The van der Waals surface area contributed by atoms with E-state index in [1.54, 1.807) is 0 Å². The number of carbonyl (C=O) groups is 1. The maximum Gasteiger partial charge on any atom is 0.216 e. The van der Waals surface area contributed by atoms with E-state index in [0.717, 1.165) is 0 Å². The first kappa shape index (κ1) is 10.4. The average molecular weight is 160 g/mol. The molecule has 4 heteroatoms. The Balaban J connectivity index is 3.37. The summed E-state index contributed by atoms with van der Waals surface area (Å²) >= 11 is 0. The van der Waals surface area contributed by atoms with Crippen molar-refractivity contribution in [3.05, 3.63) is 0 Å². The fraction of sp³-hybridized carbons (Fsp3) is 0.857. The summed E-state index contributed by atoms with van der Waals surface area (Å²) in [6.07, 6.45) is -0.478. The van der Waals surface area contributed by atoms with Gasteiger partial charge in [0.25, 0.3) is 0 Å². The number of rotatable bonds is 4. The summed E-state index contributed by atoms with van der Waals surface area (Å²) in [6, 6.07) is 0. The topological polar surface area (TPSA) is 52.6 Å². The third kappa shape index (κ3) is 7.29. The first-order valence-corrected chi connectivity index (χ1v) is 3.59. The molecule has 0 rings (SSSR count). The number of hydrogen-bond acceptors (Lipinski definition) is 3. The van der Waals surface area contributed by atoms with Gasteiger partial charge >= 0.3 is 0 Å². The predicted octanol–water partition coefficient (Wildman–Crippen LogP) is -0.955. The number of carbonyl (C=O) groups excluding carboxylic acids is 1. The van der Waals surface area contributed by atoms with E-state index in [-0.39, 0.29) is 5.91 Å². The van der Waals surface area contributed by atoms with E-state index >= 15 is 0 Å². The highest BCUT2D eigenvalue weighted by Gasteiger charge is 2.04. The lowest BCUT2D eigenvalue weighted by molar-refractivity contribution is -0.119. The van der Waals surface area contributed by atoms with Gasteiger partial charge in [0.15, 0.2) is 0 Å². The molecule has 0 saturated carbocycles. The van der Waals surface area contributed by atoms with Crippen LogP contribution in [0.15, 0.2) is 0 Å². The molecule has 0 radical (unpaired) electrons. The van der Waals surface area contributed by atoms with Crippen LogP contribution in [0.4, 0.5) is 0 Å². The van der Waals surface area contributed by atoms with Gasteiger partial charge in [0.1, 0.15) is 0 Å². The Kier molecular flexibility index (Phi) is 4.81. The van der Waals surface area contributed by atoms with Crippen LogP contribution >= 0.6 is 0 Å². The molecule has 4 nitrogen and oxygen atoms in total. The third-order valence-corrected chi connectivity index (χ3v) is 1.16. The first-order valence-electron chi connectivity index (χ1n) is 3.59. The van der Waals surface area contributed by atoms with Crippen LogP contribution in [0.25, 0.3) is 0 Å². The zero-order chi connectivity index (χ0) is 8.85. The van der Waals surface area contributed by atoms with Crippen molar-refractivity contribution < 1.29 is 9.90 Å². The van der Waals surface area contributed by atoms with Crippen molar-refractivity contribution in [1.29, 1.82) is 0 Å². The van der Waals surface area contributed by atoms with E-state index in [0.29, 0.717) is 13.1 Å². The van der Waals surface area contributed by atoms with Crippen LogP contribution in [0.2, 0.25) is 0 Å². The summed E-state index contributed by atoms with van der Waals surface area (Å²) in [4.78, 5) is 12.3. The van der Waals surface area contributed by atoms with Gasteiger partial charge in [-0.25, -0.2) is 0 Å². The van der Waals surface area contributed by atoms with Crippen molar-refractivity contribution in [3.63, 3.8) is 0 Å². The van der Waals surface area contributed by atoms with Crippen molar-refractivity contribution in [3.8, 4) is 0 Å². The van der Waals surface area contributed by atoms with Gasteiger partial charge in [-0.05, 0) is 14.1 Å². The first-order chi connectivity index (χ1) is 5.02. The molecule has 0 heterocycles. The van der Waals surface area contributed by atoms with Crippen molar-refractivity contribution in [2.24, 2.45) is 0 Å². The second-order valence-corrected chi connectivity index (χ2v) is 2.85. The fourth-order valence-electron chi connectivity index (χ4n) is 0.748. The summed E-state index contributed by atoms with van der Waals surface area (Å²) in [5.74, 6) is -0.109. The van der Waals surface area contributed by atoms with Crippen LogP contribution in [0.3, 0.4) is 0 Å². The molecule has 2 N–H and O–H groups in total. The van der Waals surface area contributed by atoms with E-state index in [1.165, 1.54) is 6.92 Å². The summed E-state index contributed by atoms with van der Waals surface area (Å²) in [5.41, 5.74) is 0. The molecule has 0 spiro atoms. The van der Waals surface area contributed by atoms with Gasteiger partial charge in [0.05, 0.1) is 6.10 Å². The van der Waals surface area contributed by atoms with Crippen molar-refractivity contribution in [2.45, 2.75) is 13.0 Å². The van der Waals surface area contributed by atoms with Crippen LogP contribution in [0.1, 0.15) is 6.92 Å². The molecule has 0 aromatic carbocycles. The standard InChI is InChI=1S/C7H16N2O2/c1-6(10)8-4-7(11)5-9(2)3/h7,11H,4-5H2,1-3H3,(H,8,10). The van der Waals surface area contributed by atoms with Crippen molar-refractivity contribution >= 4 is 5.91 Å². The number of nitrogens with zero attached hydrogens (tertiary/aromatic N) is 1. The summed E-state index contributed by atoms with van der Waals surface area (Å²) in [5, 5.41) is 11.7. The average Bonchev–Trinajstić information content (AvgIpc) is 1.82. The number of aliphatic hydroxyl groups is 1. The van der Waals surface area contributed by atoms with Gasteiger partial charge in [-0.3, -0.25) is 4.79 Å². The lowest BCUT2D eigenvalue weighted by atomic mass is 10.3. The van der Waals surface area contributed by atoms with Crippen LogP contribution < -0.4 is 5.32 Å². The molecule has 11 heavy (non-hydrogen) atoms. The van der Waals surface area contributed by atoms with E-state index in [2.05, 4.69) is 5.32 Å². The van der Waals surface area contributed by atoms with E-state index < -0.39 is 6.10 Å². The minimum absolute atomic E-state index is 0.109. The third-order valence-electron chi connectivity index (χ3n) is 1.16. The highest BCUT2D eigenvalue weighted by atomic mass is 16.3. The van der Waals surface area contributed by atoms with Crippen molar-refractivity contribution in [1.82, 2.24) is 10.2 Å². The highest BCUT2D eigenvalue weighted by Crippen LogP contribution is 1.83. The normalized spacial score (nSPS) is 13.2. The molecule has 0 fully saturated rings. The molecular formula is C7H16N2O2. The molecule has 0 aliphatic rings. The Morgan fingerprint density at radius 1 is 1.64 bits per heavy atom. The number of nitrogens with one attached hydrogen (secondary N) is 1. The van der Waals surface area contributed by atoms with Gasteiger partial charge in [0.2, 0.25) is 5.91 Å². The zero-order valence-electron chi connectivity index (χ0n) is 7.29. The maximum absolute atomic E-state index is 10.4. The van der Waals surface area contributed by atoms with Gasteiger partial charge in [-0.2, -0.15) is 0 Å². The second-order valence-electron chi connectivity index (χ2n) is 2.85. The van der Waals surface area contributed by atoms with Crippen LogP contribution in [0.5, 0.6) is 0 Å². The number of hydrogen-bond donors (Lipinski definition) is 2. The Morgan fingerprint density at radius 3 is 2.55 bits per heavy atom. The van der Waals surface area contributed by atoms with Gasteiger partial charge in [-0.1, -0.05) is 0 Å².